The molecule has 0 aliphatic carbocycles. The third-order valence-electron chi connectivity index (χ3n) is 3.85. The summed E-state index contributed by atoms with van der Waals surface area (Å²) in [7, 11) is 3.55. The zero-order valence-corrected chi connectivity index (χ0v) is 12.4. The van der Waals surface area contributed by atoms with E-state index in [-0.39, 0.29) is 5.91 Å². The van der Waals surface area contributed by atoms with Crippen LogP contribution in [0.25, 0.3) is 11.1 Å². The van der Waals surface area contributed by atoms with Crippen LogP contribution in [0.15, 0.2) is 42.5 Å². The Labute approximate surface area is 125 Å². The van der Waals surface area contributed by atoms with E-state index in [4.69, 9.17) is 4.74 Å². The van der Waals surface area contributed by atoms with E-state index in [0.29, 0.717) is 6.61 Å². The Balaban J connectivity index is 2.05. The molecule has 1 aliphatic heterocycles. The van der Waals surface area contributed by atoms with E-state index < -0.39 is 0 Å². The standard InChI is InChI=1S/C18H19NO2/c1-19(2)18(20)14-6-3-5-13(11-14)16-8-4-7-15-12-21-10-9-17(15)16/h3-8,11H,9-10,12H2,1-2H3. The van der Waals surface area contributed by atoms with Crippen molar-refractivity contribution < 1.29 is 9.53 Å². The maximum absolute atomic E-state index is 12.1. The molecule has 3 rings (SSSR count). The molecule has 2 aromatic carbocycles. The molecule has 0 unspecified atom stereocenters. The molecule has 0 N–H and O–H groups in total. The van der Waals surface area contributed by atoms with Crippen molar-refractivity contribution in [2.45, 2.75) is 13.0 Å². The average molecular weight is 281 g/mol. The molecule has 0 radical (unpaired) electrons. The molecule has 0 aromatic heterocycles. The Morgan fingerprint density at radius 3 is 2.76 bits per heavy atom. The number of hydrogen-bond donors (Lipinski definition) is 0. The van der Waals surface area contributed by atoms with Crippen LogP contribution >= 0.6 is 0 Å². The SMILES string of the molecule is CN(C)C(=O)c1cccc(-c2cccc3c2CCOC3)c1. The highest BCUT2D eigenvalue weighted by atomic mass is 16.5. The van der Waals surface area contributed by atoms with Gasteiger partial charge in [-0.15, -0.1) is 0 Å². The van der Waals surface area contributed by atoms with E-state index in [2.05, 4.69) is 24.3 Å². The lowest BCUT2D eigenvalue weighted by Gasteiger charge is -2.20. The monoisotopic (exact) mass is 281 g/mol. The van der Waals surface area contributed by atoms with Crippen LogP contribution in [-0.4, -0.2) is 31.5 Å². The fourth-order valence-electron chi connectivity index (χ4n) is 2.77. The molecule has 21 heavy (non-hydrogen) atoms. The third kappa shape index (κ3) is 2.69. The minimum absolute atomic E-state index is 0.0324. The molecule has 3 heteroatoms. The first kappa shape index (κ1) is 13.8. The fraction of sp³-hybridized carbons (Fsp3) is 0.278. The number of ether oxygens (including phenoxy) is 1. The van der Waals surface area contributed by atoms with Crippen molar-refractivity contribution in [1.82, 2.24) is 4.90 Å². The molecular weight excluding hydrogens is 262 g/mol. The van der Waals surface area contributed by atoms with E-state index in [0.717, 1.165) is 24.2 Å². The first-order valence-corrected chi connectivity index (χ1v) is 7.17. The van der Waals surface area contributed by atoms with E-state index in [1.54, 1.807) is 19.0 Å². The van der Waals surface area contributed by atoms with Crippen LogP contribution in [0.3, 0.4) is 0 Å². The lowest BCUT2D eigenvalue weighted by molar-refractivity contribution is 0.0827. The smallest absolute Gasteiger partial charge is 0.253 e. The Bertz CT molecular complexity index is 677. The second-order valence-corrected chi connectivity index (χ2v) is 5.53. The van der Waals surface area contributed by atoms with Crippen molar-refractivity contribution in [2.24, 2.45) is 0 Å². The van der Waals surface area contributed by atoms with Gasteiger partial charge in [0.1, 0.15) is 0 Å². The van der Waals surface area contributed by atoms with Crippen LogP contribution in [0.2, 0.25) is 0 Å². The van der Waals surface area contributed by atoms with Crippen molar-refractivity contribution in [3.8, 4) is 11.1 Å². The fourth-order valence-corrected chi connectivity index (χ4v) is 2.77. The maximum atomic E-state index is 12.1. The minimum Gasteiger partial charge on any atom is -0.376 e. The molecule has 0 bridgehead atoms. The normalized spacial score (nSPS) is 13.6. The molecule has 1 heterocycles. The van der Waals surface area contributed by atoms with Crippen LogP contribution in [0.5, 0.6) is 0 Å². The predicted octanol–water partition coefficient (Wildman–Crippen LogP) is 3.13. The summed E-state index contributed by atoms with van der Waals surface area (Å²) in [6.07, 6.45) is 0.928. The van der Waals surface area contributed by atoms with E-state index in [1.807, 2.05) is 18.2 Å². The molecule has 0 saturated heterocycles. The van der Waals surface area contributed by atoms with Crippen molar-refractivity contribution in [3.05, 3.63) is 59.2 Å². The molecule has 1 aliphatic rings. The molecular formula is C18H19NO2. The highest BCUT2D eigenvalue weighted by Crippen LogP contribution is 2.30. The van der Waals surface area contributed by atoms with Gasteiger partial charge in [-0.1, -0.05) is 30.3 Å². The average Bonchev–Trinajstić information content (AvgIpc) is 2.53. The van der Waals surface area contributed by atoms with Crippen LogP contribution in [-0.2, 0) is 17.8 Å². The Morgan fingerprint density at radius 2 is 1.95 bits per heavy atom. The summed E-state index contributed by atoms with van der Waals surface area (Å²) >= 11 is 0. The number of benzene rings is 2. The van der Waals surface area contributed by atoms with E-state index >= 15 is 0 Å². The van der Waals surface area contributed by atoms with Crippen LogP contribution < -0.4 is 0 Å². The second kappa shape index (κ2) is 5.70. The van der Waals surface area contributed by atoms with Gasteiger partial charge >= 0.3 is 0 Å². The molecule has 3 nitrogen and oxygen atoms in total. The molecule has 0 spiro atoms. The van der Waals surface area contributed by atoms with E-state index in [1.165, 1.54) is 16.7 Å². The summed E-state index contributed by atoms with van der Waals surface area (Å²) in [5, 5.41) is 0. The highest BCUT2D eigenvalue weighted by molar-refractivity contribution is 5.95. The van der Waals surface area contributed by atoms with E-state index in [9.17, 15) is 4.79 Å². The number of carbonyl (C=O) groups is 1. The zero-order chi connectivity index (χ0) is 14.8. The molecule has 0 fully saturated rings. The lowest BCUT2D eigenvalue weighted by atomic mass is 9.92. The number of carbonyl (C=O) groups excluding carboxylic acids is 1. The van der Waals surface area contributed by atoms with Gasteiger partial charge in [-0.25, -0.2) is 0 Å². The summed E-state index contributed by atoms with van der Waals surface area (Å²) in [5.41, 5.74) is 5.63. The summed E-state index contributed by atoms with van der Waals surface area (Å²) in [6.45, 7) is 1.44. The third-order valence-corrected chi connectivity index (χ3v) is 3.85. The lowest BCUT2D eigenvalue weighted by Crippen LogP contribution is -2.21. The van der Waals surface area contributed by atoms with Gasteiger partial charge < -0.3 is 9.64 Å². The molecule has 2 aromatic rings. The first-order valence-electron chi connectivity index (χ1n) is 7.17. The van der Waals surface area contributed by atoms with Gasteiger partial charge in [0.05, 0.1) is 13.2 Å². The van der Waals surface area contributed by atoms with Gasteiger partial charge in [-0.05, 0) is 40.8 Å². The summed E-state index contributed by atoms with van der Waals surface area (Å²) < 4.78 is 5.52. The zero-order valence-electron chi connectivity index (χ0n) is 12.4. The topological polar surface area (TPSA) is 29.5 Å². The largest absolute Gasteiger partial charge is 0.376 e. The quantitative estimate of drug-likeness (QED) is 0.846. The first-order chi connectivity index (χ1) is 10.2. The van der Waals surface area contributed by atoms with Crippen molar-refractivity contribution >= 4 is 5.91 Å². The van der Waals surface area contributed by atoms with Crippen LogP contribution in [0.4, 0.5) is 0 Å². The Kier molecular flexibility index (Phi) is 3.76. The number of nitrogens with zero attached hydrogens (tertiary/aromatic N) is 1. The Morgan fingerprint density at radius 1 is 1.14 bits per heavy atom. The van der Waals surface area contributed by atoms with Crippen LogP contribution in [0, 0.1) is 0 Å². The van der Waals surface area contributed by atoms with Gasteiger partial charge in [-0.2, -0.15) is 0 Å². The molecule has 0 saturated carbocycles. The van der Waals surface area contributed by atoms with Gasteiger partial charge in [-0.3, -0.25) is 4.79 Å². The number of rotatable bonds is 2. The molecule has 1 amide bonds. The summed E-state index contributed by atoms with van der Waals surface area (Å²) in [5.74, 6) is 0.0324. The molecule has 0 atom stereocenters. The number of amides is 1. The number of fused-ring (bicyclic) bond motifs is 1. The van der Waals surface area contributed by atoms with Crippen molar-refractivity contribution in [2.75, 3.05) is 20.7 Å². The summed E-state index contributed by atoms with van der Waals surface area (Å²) in [6, 6.07) is 14.2. The van der Waals surface area contributed by atoms with Gasteiger partial charge in [0.15, 0.2) is 0 Å². The van der Waals surface area contributed by atoms with Gasteiger partial charge in [0.2, 0.25) is 0 Å². The van der Waals surface area contributed by atoms with Crippen LogP contribution in [0.1, 0.15) is 21.5 Å². The second-order valence-electron chi connectivity index (χ2n) is 5.53. The van der Waals surface area contributed by atoms with Gasteiger partial charge in [0.25, 0.3) is 5.91 Å². The minimum atomic E-state index is 0.0324. The maximum Gasteiger partial charge on any atom is 0.253 e. The highest BCUT2D eigenvalue weighted by Gasteiger charge is 2.15. The number of hydrogen-bond acceptors (Lipinski definition) is 2. The van der Waals surface area contributed by atoms with Crippen molar-refractivity contribution in [3.63, 3.8) is 0 Å². The van der Waals surface area contributed by atoms with Gasteiger partial charge in [0, 0.05) is 19.7 Å². The Hall–Kier alpha value is -2.13. The summed E-state index contributed by atoms with van der Waals surface area (Å²) in [4.78, 5) is 13.7. The predicted molar refractivity (Wildman–Crippen MR) is 83.3 cm³/mol. The molecule has 108 valence electrons. The van der Waals surface area contributed by atoms with Crippen molar-refractivity contribution in [1.29, 1.82) is 0 Å².